The van der Waals surface area contributed by atoms with Gasteiger partial charge < -0.3 is 4.74 Å². The molecular formula is C8H9BrN4OS. The standard InChI is InChI=1S/C8H9BrN4OS/c1-5(2)13-4-6(3-10-13)14-8-12-11-7(9)15-8/h3-5H,1-2H3. The Morgan fingerprint density at radius 2 is 2.27 bits per heavy atom. The summed E-state index contributed by atoms with van der Waals surface area (Å²) in [5, 5.41) is 12.3. The molecule has 7 heteroatoms. The van der Waals surface area contributed by atoms with Crippen molar-refractivity contribution in [2.75, 3.05) is 0 Å². The van der Waals surface area contributed by atoms with Crippen molar-refractivity contribution in [2.24, 2.45) is 0 Å². The number of ether oxygens (including phenoxy) is 1. The van der Waals surface area contributed by atoms with E-state index in [1.807, 2.05) is 10.9 Å². The predicted molar refractivity (Wildman–Crippen MR) is 60.3 cm³/mol. The highest BCUT2D eigenvalue weighted by molar-refractivity contribution is 9.11. The molecule has 0 radical (unpaired) electrons. The summed E-state index contributed by atoms with van der Waals surface area (Å²) < 4.78 is 7.99. The molecule has 0 unspecified atom stereocenters. The SMILES string of the molecule is CC(C)n1cc(Oc2nnc(Br)s2)cn1. The van der Waals surface area contributed by atoms with Crippen LogP contribution in [-0.4, -0.2) is 20.0 Å². The lowest BCUT2D eigenvalue weighted by molar-refractivity contribution is 0.468. The number of rotatable bonds is 3. The molecule has 0 aliphatic carbocycles. The van der Waals surface area contributed by atoms with Crippen LogP contribution in [0.5, 0.6) is 10.9 Å². The minimum Gasteiger partial charge on any atom is -0.426 e. The summed E-state index contributed by atoms with van der Waals surface area (Å²) in [6.07, 6.45) is 3.50. The van der Waals surface area contributed by atoms with E-state index in [2.05, 4.69) is 45.1 Å². The fourth-order valence-corrected chi connectivity index (χ4v) is 1.93. The van der Waals surface area contributed by atoms with E-state index in [1.165, 1.54) is 11.3 Å². The molecule has 5 nitrogen and oxygen atoms in total. The van der Waals surface area contributed by atoms with E-state index in [0.717, 1.165) is 0 Å². The Balaban J connectivity index is 2.11. The van der Waals surface area contributed by atoms with Crippen LogP contribution in [0.15, 0.2) is 16.3 Å². The Kier molecular flexibility index (Phi) is 3.01. The van der Waals surface area contributed by atoms with E-state index in [1.54, 1.807) is 6.20 Å². The van der Waals surface area contributed by atoms with Gasteiger partial charge >= 0.3 is 0 Å². The van der Waals surface area contributed by atoms with Crippen molar-refractivity contribution in [3.8, 4) is 10.9 Å². The molecule has 0 N–H and O–H groups in total. The van der Waals surface area contributed by atoms with Gasteiger partial charge in [0.1, 0.15) is 0 Å². The summed E-state index contributed by atoms with van der Waals surface area (Å²) in [5.74, 6) is 0.673. The first-order chi connectivity index (χ1) is 7.15. The van der Waals surface area contributed by atoms with E-state index in [-0.39, 0.29) is 0 Å². The van der Waals surface area contributed by atoms with Gasteiger partial charge in [0.05, 0.1) is 12.4 Å². The molecular weight excluding hydrogens is 280 g/mol. The molecule has 15 heavy (non-hydrogen) atoms. The molecule has 0 fully saturated rings. The lowest BCUT2D eigenvalue weighted by atomic mass is 10.4. The Hall–Kier alpha value is -0.950. The number of hydrogen-bond donors (Lipinski definition) is 0. The third kappa shape index (κ3) is 2.54. The summed E-state index contributed by atoms with van der Waals surface area (Å²) >= 11 is 4.55. The van der Waals surface area contributed by atoms with Crippen molar-refractivity contribution in [1.82, 2.24) is 20.0 Å². The van der Waals surface area contributed by atoms with Crippen molar-refractivity contribution in [3.05, 3.63) is 16.3 Å². The molecule has 0 saturated carbocycles. The zero-order valence-electron chi connectivity index (χ0n) is 8.22. The van der Waals surface area contributed by atoms with E-state index in [9.17, 15) is 0 Å². The first kappa shape index (κ1) is 10.6. The molecule has 0 spiro atoms. The third-order valence-electron chi connectivity index (χ3n) is 1.69. The Bertz CT molecular complexity index is 453. The van der Waals surface area contributed by atoms with Crippen LogP contribution in [0.4, 0.5) is 0 Å². The van der Waals surface area contributed by atoms with Gasteiger partial charge in [-0.05, 0) is 41.1 Å². The van der Waals surface area contributed by atoms with Crippen LogP contribution in [0.25, 0.3) is 0 Å². The fourth-order valence-electron chi connectivity index (χ4n) is 0.991. The van der Waals surface area contributed by atoms with Gasteiger partial charge in [-0.25, -0.2) is 0 Å². The highest BCUT2D eigenvalue weighted by Crippen LogP contribution is 2.27. The van der Waals surface area contributed by atoms with Gasteiger partial charge in [0.15, 0.2) is 9.67 Å². The molecule has 80 valence electrons. The maximum absolute atomic E-state index is 5.46. The van der Waals surface area contributed by atoms with Crippen molar-refractivity contribution in [2.45, 2.75) is 19.9 Å². The minimum absolute atomic E-state index is 0.323. The summed E-state index contributed by atoms with van der Waals surface area (Å²) in [6, 6.07) is 0.323. The summed E-state index contributed by atoms with van der Waals surface area (Å²) in [6.45, 7) is 4.11. The zero-order valence-corrected chi connectivity index (χ0v) is 10.6. The van der Waals surface area contributed by atoms with Crippen molar-refractivity contribution < 1.29 is 4.74 Å². The topological polar surface area (TPSA) is 52.8 Å². The van der Waals surface area contributed by atoms with E-state index in [4.69, 9.17) is 4.74 Å². The van der Waals surface area contributed by atoms with Crippen LogP contribution in [-0.2, 0) is 0 Å². The van der Waals surface area contributed by atoms with Gasteiger partial charge in [-0.3, -0.25) is 4.68 Å². The second-order valence-electron chi connectivity index (χ2n) is 3.17. The fraction of sp³-hybridized carbons (Fsp3) is 0.375. The molecule has 2 rings (SSSR count). The van der Waals surface area contributed by atoms with Crippen LogP contribution in [0.3, 0.4) is 0 Å². The molecule has 0 amide bonds. The van der Waals surface area contributed by atoms with E-state index < -0.39 is 0 Å². The highest BCUT2D eigenvalue weighted by atomic mass is 79.9. The van der Waals surface area contributed by atoms with Crippen LogP contribution in [0, 0.1) is 0 Å². The molecule has 0 aliphatic heterocycles. The largest absolute Gasteiger partial charge is 0.426 e. The van der Waals surface area contributed by atoms with Gasteiger partial charge in [-0.2, -0.15) is 5.10 Å². The number of nitrogens with zero attached hydrogens (tertiary/aromatic N) is 4. The van der Waals surface area contributed by atoms with Gasteiger partial charge in [0.2, 0.25) is 0 Å². The second kappa shape index (κ2) is 4.28. The minimum atomic E-state index is 0.323. The highest BCUT2D eigenvalue weighted by Gasteiger charge is 2.07. The third-order valence-corrected chi connectivity index (χ3v) is 2.93. The maximum Gasteiger partial charge on any atom is 0.300 e. The first-order valence-corrected chi connectivity index (χ1v) is 5.97. The van der Waals surface area contributed by atoms with Crippen LogP contribution >= 0.6 is 27.3 Å². The van der Waals surface area contributed by atoms with Crippen molar-refractivity contribution >= 4 is 27.3 Å². The smallest absolute Gasteiger partial charge is 0.300 e. The van der Waals surface area contributed by atoms with Gasteiger partial charge in [0, 0.05) is 6.04 Å². The molecule has 0 bridgehead atoms. The molecule has 0 saturated heterocycles. The molecule has 0 aliphatic rings. The Labute approximate surface area is 99.2 Å². The molecule has 0 aromatic carbocycles. The van der Waals surface area contributed by atoms with E-state index >= 15 is 0 Å². The summed E-state index contributed by atoms with van der Waals surface area (Å²) in [7, 11) is 0. The maximum atomic E-state index is 5.46. The Morgan fingerprint density at radius 1 is 1.47 bits per heavy atom. The quantitative estimate of drug-likeness (QED) is 0.871. The average molecular weight is 289 g/mol. The monoisotopic (exact) mass is 288 g/mol. The van der Waals surface area contributed by atoms with Gasteiger partial charge in [-0.1, -0.05) is 5.10 Å². The summed E-state index contributed by atoms with van der Waals surface area (Å²) in [5.41, 5.74) is 0. The van der Waals surface area contributed by atoms with Gasteiger partial charge in [0.25, 0.3) is 5.19 Å². The second-order valence-corrected chi connectivity index (χ2v) is 5.39. The summed E-state index contributed by atoms with van der Waals surface area (Å²) in [4.78, 5) is 0. The molecule has 0 atom stereocenters. The first-order valence-electron chi connectivity index (χ1n) is 4.36. The lowest BCUT2D eigenvalue weighted by Gasteiger charge is -2.02. The number of aromatic nitrogens is 4. The van der Waals surface area contributed by atoms with Crippen molar-refractivity contribution in [1.29, 1.82) is 0 Å². The van der Waals surface area contributed by atoms with Crippen LogP contribution < -0.4 is 4.74 Å². The molecule has 2 aromatic rings. The zero-order chi connectivity index (χ0) is 10.8. The number of hydrogen-bond acceptors (Lipinski definition) is 5. The van der Waals surface area contributed by atoms with Crippen LogP contribution in [0.2, 0.25) is 0 Å². The molecule has 2 heterocycles. The van der Waals surface area contributed by atoms with E-state index in [0.29, 0.717) is 20.9 Å². The normalized spacial score (nSPS) is 10.9. The lowest BCUT2D eigenvalue weighted by Crippen LogP contribution is -1.99. The van der Waals surface area contributed by atoms with Crippen LogP contribution in [0.1, 0.15) is 19.9 Å². The number of halogens is 1. The van der Waals surface area contributed by atoms with Crippen molar-refractivity contribution in [3.63, 3.8) is 0 Å². The predicted octanol–water partition coefficient (Wildman–Crippen LogP) is 2.87. The van der Waals surface area contributed by atoms with Gasteiger partial charge in [-0.15, -0.1) is 5.10 Å². The molecule has 2 aromatic heterocycles. The average Bonchev–Trinajstić information content (AvgIpc) is 2.76. The Morgan fingerprint density at radius 3 is 2.80 bits per heavy atom.